The minimum atomic E-state index is -3.70. The van der Waals surface area contributed by atoms with E-state index in [2.05, 4.69) is 9.71 Å². The fraction of sp³-hybridized carbons (Fsp3) is 0.250. The average molecular weight is 332 g/mol. The van der Waals surface area contributed by atoms with Crippen LogP contribution in [0.4, 0.5) is 5.69 Å². The first kappa shape index (κ1) is 15.2. The van der Waals surface area contributed by atoms with Crippen LogP contribution in [-0.2, 0) is 16.6 Å². The number of anilines is 1. The second-order valence-electron chi connectivity index (χ2n) is 4.31. The fourth-order valence-corrected chi connectivity index (χ4v) is 4.05. The van der Waals surface area contributed by atoms with Gasteiger partial charge in [0.05, 0.1) is 10.0 Å². The van der Waals surface area contributed by atoms with Gasteiger partial charge in [0, 0.05) is 23.3 Å². The molecule has 0 atom stereocenters. The third-order valence-corrected chi connectivity index (χ3v) is 5.49. The van der Waals surface area contributed by atoms with E-state index in [0.29, 0.717) is 5.69 Å². The predicted octanol–water partition coefficient (Wildman–Crippen LogP) is 2.47. The minimum absolute atomic E-state index is 0.0106. The Bertz CT molecular complexity index is 741. The van der Waals surface area contributed by atoms with E-state index in [9.17, 15) is 8.42 Å². The molecule has 5 nitrogen and oxygen atoms in total. The van der Waals surface area contributed by atoms with E-state index in [4.69, 9.17) is 17.3 Å². The molecule has 0 unspecified atom stereocenters. The summed E-state index contributed by atoms with van der Waals surface area (Å²) in [6, 6.07) is 2.92. The number of hydrogen-bond acceptors (Lipinski definition) is 5. The van der Waals surface area contributed by atoms with Crippen molar-refractivity contribution >= 4 is 38.6 Å². The number of halogens is 1. The van der Waals surface area contributed by atoms with Crippen LogP contribution >= 0.6 is 22.9 Å². The zero-order chi connectivity index (χ0) is 14.9. The minimum Gasteiger partial charge on any atom is -0.398 e. The number of nitrogens with two attached hydrogens (primary N) is 1. The number of benzene rings is 1. The summed E-state index contributed by atoms with van der Waals surface area (Å²) in [5.74, 6) is 0. The van der Waals surface area contributed by atoms with Gasteiger partial charge in [-0.05, 0) is 31.5 Å². The third-order valence-electron chi connectivity index (χ3n) is 2.72. The van der Waals surface area contributed by atoms with Crippen molar-refractivity contribution in [3.8, 4) is 0 Å². The van der Waals surface area contributed by atoms with Gasteiger partial charge in [-0.2, -0.15) is 0 Å². The molecule has 0 saturated carbocycles. The van der Waals surface area contributed by atoms with Gasteiger partial charge in [0.25, 0.3) is 0 Å². The van der Waals surface area contributed by atoms with E-state index in [1.165, 1.54) is 17.4 Å². The van der Waals surface area contributed by atoms with E-state index in [0.717, 1.165) is 15.4 Å². The van der Waals surface area contributed by atoms with Gasteiger partial charge in [-0.1, -0.05) is 11.6 Å². The highest BCUT2D eigenvalue weighted by Crippen LogP contribution is 2.26. The summed E-state index contributed by atoms with van der Waals surface area (Å²) < 4.78 is 27.0. The first-order chi connectivity index (χ1) is 9.29. The summed E-state index contributed by atoms with van der Waals surface area (Å²) in [4.78, 5) is 4.90. The van der Waals surface area contributed by atoms with Crippen LogP contribution in [0.15, 0.2) is 23.2 Å². The number of thiazole rings is 1. The van der Waals surface area contributed by atoms with Crippen LogP contribution in [-0.4, -0.2) is 13.4 Å². The molecule has 0 saturated heterocycles. The molecule has 0 aliphatic rings. The van der Waals surface area contributed by atoms with Crippen LogP contribution in [0.5, 0.6) is 0 Å². The maximum atomic E-state index is 12.2. The fourth-order valence-electron chi connectivity index (χ4n) is 1.61. The summed E-state index contributed by atoms with van der Waals surface area (Å²) in [5, 5.41) is 1.04. The summed E-state index contributed by atoms with van der Waals surface area (Å²) in [7, 11) is -3.70. The van der Waals surface area contributed by atoms with Crippen molar-refractivity contribution in [2.75, 3.05) is 5.73 Å². The first-order valence-electron chi connectivity index (χ1n) is 5.76. The van der Waals surface area contributed by atoms with Crippen LogP contribution < -0.4 is 10.5 Å². The molecule has 3 N–H and O–H groups in total. The lowest BCUT2D eigenvalue weighted by molar-refractivity contribution is 0.582. The van der Waals surface area contributed by atoms with Crippen LogP contribution in [0.25, 0.3) is 0 Å². The Kier molecular flexibility index (Phi) is 4.33. The van der Waals surface area contributed by atoms with Crippen molar-refractivity contribution in [2.24, 2.45) is 0 Å². The van der Waals surface area contributed by atoms with Crippen molar-refractivity contribution in [3.63, 3.8) is 0 Å². The molecule has 1 heterocycles. The molecule has 1 aromatic heterocycles. The summed E-state index contributed by atoms with van der Waals surface area (Å²) >= 11 is 7.43. The average Bonchev–Trinajstić information content (AvgIpc) is 2.77. The number of nitrogens with zero attached hydrogens (tertiary/aromatic N) is 1. The molecule has 0 amide bonds. The number of sulfonamides is 1. The van der Waals surface area contributed by atoms with Gasteiger partial charge >= 0.3 is 0 Å². The predicted molar refractivity (Wildman–Crippen MR) is 81.5 cm³/mol. The monoisotopic (exact) mass is 331 g/mol. The van der Waals surface area contributed by atoms with Crippen LogP contribution in [0.3, 0.4) is 0 Å². The standard InChI is InChI=1S/C12H14ClN3O2S2/c1-7-3-10(13)12(4-11(7)14)20(17,18)16-6-9-5-15-8(2)19-9/h3-5,16H,6,14H2,1-2H3. The molecule has 20 heavy (non-hydrogen) atoms. The Balaban J connectivity index is 2.24. The van der Waals surface area contributed by atoms with Crippen molar-refractivity contribution in [3.05, 3.63) is 38.8 Å². The molecule has 0 bridgehead atoms. The number of hydrogen-bond donors (Lipinski definition) is 2. The molecule has 1 aromatic carbocycles. The maximum absolute atomic E-state index is 12.2. The zero-order valence-electron chi connectivity index (χ0n) is 11.0. The number of rotatable bonds is 4. The summed E-state index contributed by atoms with van der Waals surface area (Å²) in [6.45, 7) is 3.81. The van der Waals surface area contributed by atoms with Crippen LogP contribution in [0.2, 0.25) is 5.02 Å². The highest BCUT2D eigenvalue weighted by molar-refractivity contribution is 7.89. The van der Waals surface area contributed by atoms with E-state index in [1.54, 1.807) is 19.2 Å². The molecule has 0 fully saturated rings. The lowest BCUT2D eigenvalue weighted by Gasteiger charge is -2.10. The van der Waals surface area contributed by atoms with E-state index in [1.807, 2.05) is 6.92 Å². The van der Waals surface area contributed by atoms with Gasteiger partial charge in [-0.25, -0.2) is 18.1 Å². The largest absolute Gasteiger partial charge is 0.398 e. The highest BCUT2D eigenvalue weighted by Gasteiger charge is 2.19. The van der Waals surface area contributed by atoms with E-state index >= 15 is 0 Å². The first-order valence-corrected chi connectivity index (χ1v) is 8.44. The van der Waals surface area contributed by atoms with Gasteiger partial charge in [0.15, 0.2) is 0 Å². The smallest absolute Gasteiger partial charge is 0.242 e. The van der Waals surface area contributed by atoms with Crippen molar-refractivity contribution < 1.29 is 8.42 Å². The second kappa shape index (κ2) is 5.69. The van der Waals surface area contributed by atoms with Gasteiger partial charge < -0.3 is 5.73 Å². The Morgan fingerprint density at radius 3 is 2.70 bits per heavy atom. The Labute approximate surface area is 126 Å². The molecule has 2 aromatic rings. The van der Waals surface area contributed by atoms with Gasteiger partial charge in [0.1, 0.15) is 4.90 Å². The molecule has 0 spiro atoms. The molecule has 8 heteroatoms. The summed E-state index contributed by atoms with van der Waals surface area (Å²) in [5.41, 5.74) is 6.87. The number of aromatic nitrogens is 1. The van der Waals surface area contributed by atoms with Crippen LogP contribution in [0, 0.1) is 13.8 Å². The normalized spacial score (nSPS) is 11.8. The Hall–Kier alpha value is -1.15. The maximum Gasteiger partial charge on any atom is 0.242 e. The SMILES string of the molecule is Cc1ncc(CNS(=O)(=O)c2cc(N)c(C)cc2Cl)s1. The van der Waals surface area contributed by atoms with E-state index in [-0.39, 0.29) is 16.5 Å². The molecular weight excluding hydrogens is 318 g/mol. The molecule has 0 aliphatic carbocycles. The quantitative estimate of drug-likeness (QED) is 0.843. The third kappa shape index (κ3) is 3.29. The molecule has 2 rings (SSSR count). The van der Waals surface area contributed by atoms with Gasteiger partial charge in [-0.3, -0.25) is 0 Å². The van der Waals surface area contributed by atoms with Gasteiger partial charge in [-0.15, -0.1) is 11.3 Å². The Morgan fingerprint density at radius 2 is 2.10 bits per heavy atom. The van der Waals surface area contributed by atoms with Crippen molar-refractivity contribution in [1.82, 2.24) is 9.71 Å². The molecule has 0 aliphatic heterocycles. The Morgan fingerprint density at radius 1 is 1.40 bits per heavy atom. The van der Waals surface area contributed by atoms with Crippen molar-refractivity contribution in [2.45, 2.75) is 25.3 Å². The molecule has 0 radical (unpaired) electrons. The number of aryl methyl sites for hydroxylation is 2. The molecular formula is C12H14ClN3O2S2. The lowest BCUT2D eigenvalue weighted by Crippen LogP contribution is -2.23. The summed E-state index contributed by atoms with van der Waals surface area (Å²) in [6.07, 6.45) is 1.65. The zero-order valence-corrected chi connectivity index (χ0v) is 13.4. The number of nitrogens with one attached hydrogen (secondary N) is 1. The topological polar surface area (TPSA) is 85.1 Å². The van der Waals surface area contributed by atoms with Gasteiger partial charge in [0.2, 0.25) is 10.0 Å². The number of nitrogen functional groups attached to an aromatic ring is 1. The van der Waals surface area contributed by atoms with Crippen molar-refractivity contribution in [1.29, 1.82) is 0 Å². The highest BCUT2D eigenvalue weighted by atomic mass is 35.5. The van der Waals surface area contributed by atoms with Crippen LogP contribution in [0.1, 0.15) is 15.4 Å². The lowest BCUT2D eigenvalue weighted by atomic mass is 10.2. The molecule has 108 valence electrons. The van der Waals surface area contributed by atoms with E-state index < -0.39 is 10.0 Å². The second-order valence-corrected chi connectivity index (χ2v) is 7.77.